The minimum absolute atomic E-state index is 0. The van der Waals surface area contributed by atoms with Crippen LogP contribution in [0.2, 0.25) is 0 Å². The van der Waals surface area contributed by atoms with Crippen LogP contribution in [-0.4, -0.2) is 24.2 Å². The molecule has 0 radical (unpaired) electrons. The number of anilines is 1. The first-order valence-corrected chi connectivity index (χ1v) is 8.66. The molecule has 0 saturated carbocycles. The summed E-state index contributed by atoms with van der Waals surface area (Å²) in [4.78, 5) is 8.87. The molecule has 0 aliphatic rings. The second-order valence-electron chi connectivity index (χ2n) is 6.92. The molecular formula is C20H32N4O2. The summed E-state index contributed by atoms with van der Waals surface area (Å²) in [5, 5.41) is 0. The lowest BCUT2D eigenvalue weighted by atomic mass is 9.90. The van der Waals surface area contributed by atoms with Crippen LogP contribution in [-0.2, 0) is 6.42 Å². The van der Waals surface area contributed by atoms with E-state index >= 15 is 0 Å². The Balaban J connectivity index is 0.00000338. The molecule has 2 aromatic rings. The van der Waals surface area contributed by atoms with E-state index in [4.69, 9.17) is 15.2 Å². The van der Waals surface area contributed by atoms with Crippen LogP contribution in [0.25, 0.3) is 0 Å². The van der Waals surface area contributed by atoms with Crippen LogP contribution < -0.4 is 21.4 Å². The molecule has 0 atom stereocenters. The van der Waals surface area contributed by atoms with Gasteiger partial charge in [-0.25, -0.2) is 9.97 Å². The zero-order chi connectivity index (χ0) is 18.7. The molecule has 5 N–H and O–H groups in total. The maximum Gasteiger partial charge on any atom is 0.220 e. The van der Waals surface area contributed by atoms with E-state index in [0.29, 0.717) is 11.9 Å². The molecule has 0 saturated heterocycles. The highest BCUT2D eigenvalue weighted by Gasteiger charge is 2.19. The van der Waals surface area contributed by atoms with Crippen molar-refractivity contribution in [1.82, 2.24) is 16.1 Å². The highest BCUT2D eigenvalue weighted by Crippen LogP contribution is 2.36. The number of aromatic nitrogens is 2. The Bertz CT molecular complexity index is 758. The van der Waals surface area contributed by atoms with E-state index in [9.17, 15) is 0 Å². The van der Waals surface area contributed by atoms with Crippen molar-refractivity contribution in [2.45, 2.75) is 52.9 Å². The van der Waals surface area contributed by atoms with Gasteiger partial charge in [-0.3, -0.25) is 0 Å². The van der Waals surface area contributed by atoms with Crippen LogP contribution >= 0.6 is 0 Å². The minimum atomic E-state index is 0. The highest BCUT2D eigenvalue weighted by atomic mass is 16.5. The van der Waals surface area contributed by atoms with Gasteiger partial charge >= 0.3 is 0 Å². The predicted molar refractivity (Wildman–Crippen MR) is 107 cm³/mol. The molecule has 6 heteroatoms. The Kier molecular flexibility index (Phi) is 7.39. The lowest BCUT2D eigenvalue weighted by Gasteiger charge is -2.20. The van der Waals surface area contributed by atoms with Crippen LogP contribution in [0.4, 0.5) is 5.95 Å². The summed E-state index contributed by atoms with van der Waals surface area (Å²) in [6.07, 6.45) is 0.744. The molecule has 6 nitrogen and oxygen atoms in total. The summed E-state index contributed by atoms with van der Waals surface area (Å²) < 4.78 is 11.0. The zero-order valence-electron chi connectivity index (χ0n) is 17.0. The van der Waals surface area contributed by atoms with Crippen molar-refractivity contribution in [1.29, 1.82) is 0 Å². The number of nitrogens with two attached hydrogens (primary N) is 1. The van der Waals surface area contributed by atoms with Gasteiger partial charge in [0.2, 0.25) is 5.95 Å². The minimum Gasteiger partial charge on any atom is -0.493 e. The number of methoxy groups -OCH3 is 2. The van der Waals surface area contributed by atoms with Gasteiger partial charge in [0.25, 0.3) is 0 Å². The van der Waals surface area contributed by atoms with Crippen molar-refractivity contribution in [3.05, 3.63) is 40.2 Å². The summed E-state index contributed by atoms with van der Waals surface area (Å²) in [7, 11) is 3.32. The van der Waals surface area contributed by atoms with Gasteiger partial charge in [-0.05, 0) is 47.6 Å². The lowest BCUT2D eigenvalue weighted by molar-refractivity contribution is 0.354. The second kappa shape index (κ2) is 8.85. The van der Waals surface area contributed by atoms with Gasteiger partial charge in [-0.2, -0.15) is 0 Å². The predicted octanol–water partition coefficient (Wildman–Crippen LogP) is 4.38. The Hall–Kier alpha value is -2.34. The number of hydrogen-bond donors (Lipinski definition) is 2. The van der Waals surface area contributed by atoms with Gasteiger partial charge in [-0.15, -0.1) is 0 Å². The summed E-state index contributed by atoms with van der Waals surface area (Å²) in [5.74, 6) is 2.47. The largest absolute Gasteiger partial charge is 0.493 e. The lowest BCUT2D eigenvalue weighted by Crippen LogP contribution is -2.10. The van der Waals surface area contributed by atoms with Gasteiger partial charge in [0.05, 0.1) is 19.9 Å². The molecule has 1 aromatic heterocycles. The van der Waals surface area contributed by atoms with Crippen LogP contribution in [0, 0.1) is 6.92 Å². The molecule has 0 aliphatic carbocycles. The zero-order valence-corrected chi connectivity index (χ0v) is 17.0. The second-order valence-corrected chi connectivity index (χ2v) is 6.92. The average Bonchev–Trinajstić information content (AvgIpc) is 2.55. The SMILES string of the molecule is COc1cc(Cc2c(C)nc(N)nc2C(C)C)c(C(C)C)cc1OC.N. The Morgan fingerprint density at radius 3 is 2.04 bits per heavy atom. The number of nitrogen functional groups attached to an aromatic ring is 1. The topological polar surface area (TPSA) is 105 Å². The molecule has 0 spiro atoms. The summed E-state index contributed by atoms with van der Waals surface area (Å²) in [6.45, 7) is 10.6. The molecule has 0 bridgehead atoms. The maximum absolute atomic E-state index is 5.86. The first-order chi connectivity index (χ1) is 11.8. The molecule has 26 heavy (non-hydrogen) atoms. The Labute approximate surface area is 156 Å². The standard InChI is InChI=1S/C20H29N3O2.H3N/c1-11(2)15-10-18(25-7)17(24-6)9-14(15)8-16-13(5)22-20(21)23-19(16)12(3)4;/h9-12H,8H2,1-7H3,(H2,21,22,23);1H3. The average molecular weight is 361 g/mol. The van der Waals surface area contributed by atoms with Gasteiger partial charge in [0.15, 0.2) is 11.5 Å². The van der Waals surface area contributed by atoms with E-state index in [1.807, 2.05) is 6.92 Å². The van der Waals surface area contributed by atoms with Crippen molar-refractivity contribution in [3.63, 3.8) is 0 Å². The molecule has 144 valence electrons. The van der Waals surface area contributed by atoms with Gasteiger partial charge in [0.1, 0.15) is 0 Å². The molecular weight excluding hydrogens is 328 g/mol. The third-order valence-corrected chi connectivity index (χ3v) is 4.44. The number of aryl methyl sites for hydroxylation is 1. The van der Waals surface area contributed by atoms with Crippen molar-refractivity contribution in [3.8, 4) is 11.5 Å². The van der Waals surface area contributed by atoms with E-state index in [-0.39, 0.29) is 12.1 Å². The molecule has 0 unspecified atom stereocenters. The van der Waals surface area contributed by atoms with E-state index < -0.39 is 0 Å². The molecule has 0 aliphatic heterocycles. The highest BCUT2D eigenvalue weighted by molar-refractivity contribution is 5.50. The van der Waals surface area contributed by atoms with Gasteiger partial charge in [-0.1, -0.05) is 27.7 Å². The monoisotopic (exact) mass is 360 g/mol. The first-order valence-electron chi connectivity index (χ1n) is 8.66. The van der Waals surface area contributed by atoms with E-state index in [0.717, 1.165) is 34.9 Å². The number of rotatable bonds is 6. The maximum atomic E-state index is 5.86. The Morgan fingerprint density at radius 2 is 1.54 bits per heavy atom. The molecule has 0 amide bonds. The van der Waals surface area contributed by atoms with Crippen molar-refractivity contribution in [2.24, 2.45) is 0 Å². The first kappa shape index (κ1) is 21.7. The fourth-order valence-corrected chi connectivity index (χ4v) is 3.15. The smallest absolute Gasteiger partial charge is 0.220 e. The molecule has 2 rings (SSSR count). The fourth-order valence-electron chi connectivity index (χ4n) is 3.15. The van der Waals surface area contributed by atoms with Crippen LogP contribution in [0.1, 0.15) is 67.6 Å². The molecule has 1 heterocycles. The van der Waals surface area contributed by atoms with E-state index in [1.54, 1.807) is 14.2 Å². The number of nitrogens with zero attached hydrogens (tertiary/aromatic N) is 2. The number of hydrogen-bond acceptors (Lipinski definition) is 6. The molecule has 0 fully saturated rings. The Morgan fingerprint density at radius 1 is 0.962 bits per heavy atom. The van der Waals surface area contributed by atoms with Crippen molar-refractivity contribution < 1.29 is 9.47 Å². The summed E-state index contributed by atoms with van der Waals surface area (Å²) in [6, 6.07) is 4.13. The van der Waals surface area contributed by atoms with Gasteiger partial charge in [0, 0.05) is 12.1 Å². The normalized spacial score (nSPS) is 10.8. The van der Waals surface area contributed by atoms with Crippen LogP contribution in [0.15, 0.2) is 12.1 Å². The number of benzene rings is 1. The summed E-state index contributed by atoms with van der Waals surface area (Å²) in [5.41, 5.74) is 11.4. The molecule has 1 aromatic carbocycles. The van der Waals surface area contributed by atoms with E-state index in [1.165, 1.54) is 11.1 Å². The van der Waals surface area contributed by atoms with Crippen molar-refractivity contribution >= 4 is 5.95 Å². The van der Waals surface area contributed by atoms with Gasteiger partial charge < -0.3 is 21.4 Å². The quantitative estimate of drug-likeness (QED) is 0.791. The van der Waals surface area contributed by atoms with E-state index in [2.05, 4.69) is 49.8 Å². The summed E-state index contributed by atoms with van der Waals surface area (Å²) >= 11 is 0. The van der Waals surface area contributed by atoms with Crippen molar-refractivity contribution in [2.75, 3.05) is 20.0 Å². The fraction of sp³-hybridized carbons (Fsp3) is 0.500. The third-order valence-electron chi connectivity index (χ3n) is 4.44. The van der Waals surface area contributed by atoms with Crippen LogP contribution in [0.3, 0.4) is 0 Å². The third kappa shape index (κ3) is 4.43. The number of ether oxygens (including phenoxy) is 2. The van der Waals surface area contributed by atoms with Crippen LogP contribution in [0.5, 0.6) is 11.5 Å².